The number of piperazine rings is 1. The molecule has 0 saturated carbocycles. The molecule has 0 spiro atoms. The molecule has 0 unspecified atom stereocenters. The van der Waals surface area contributed by atoms with Gasteiger partial charge in [0.15, 0.2) is 0 Å². The summed E-state index contributed by atoms with van der Waals surface area (Å²) in [5.41, 5.74) is 5.07. The highest BCUT2D eigenvalue weighted by Gasteiger charge is 2.24. The molecule has 0 aromatic heterocycles. The number of nitrogens with two attached hydrogens (primary N) is 1. The van der Waals surface area contributed by atoms with Crippen LogP contribution in [0, 0.1) is 5.82 Å². The standard InChI is InChI=1S/C14H18FN3O3/c15-10-1-2-12(19)11(9-10)14(21)18-7-5-17(6-8-18)4-3-13(16)20/h1-2,9,19H,3-8H2,(H2,16,20). The predicted molar refractivity (Wildman–Crippen MR) is 74.2 cm³/mol. The molecule has 114 valence electrons. The Morgan fingerprint density at radius 3 is 2.52 bits per heavy atom. The van der Waals surface area contributed by atoms with Gasteiger partial charge in [-0.05, 0) is 18.2 Å². The van der Waals surface area contributed by atoms with E-state index < -0.39 is 5.82 Å². The fourth-order valence-electron chi connectivity index (χ4n) is 2.29. The van der Waals surface area contributed by atoms with Crippen LogP contribution in [-0.4, -0.2) is 59.4 Å². The van der Waals surface area contributed by atoms with Gasteiger partial charge in [0.1, 0.15) is 11.6 Å². The van der Waals surface area contributed by atoms with Gasteiger partial charge in [0.25, 0.3) is 5.91 Å². The van der Waals surface area contributed by atoms with Crippen LogP contribution in [0.3, 0.4) is 0 Å². The Balaban J connectivity index is 1.94. The first-order valence-corrected chi connectivity index (χ1v) is 6.76. The molecule has 0 radical (unpaired) electrons. The van der Waals surface area contributed by atoms with Crippen molar-refractivity contribution in [1.82, 2.24) is 9.80 Å². The maximum absolute atomic E-state index is 13.2. The van der Waals surface area contributed by atoms with Gasteiger partial charge in [0, 0.05) is 39.1 Å². The summed E-state index contributed by atoms with van der Waals surface area (Å²) < 4.78 is 13.2. The molecule has 2 rings (SSSR count). The van der Waals surface area contributed by atoms with Crippen molar-refractivity contribution < 1.29 is 19.1 Å². The zero-order valence-electron chi connectivity index (χ0n) is 11.6. The Hall–Kier alpha value is -2.15. The van der Waals surface area contributed by atoms with Gasteiger partial charge in [-0.3, -0.25) is 14.5 Å². The van der Waals surface area contributed by atoms with Crippen LogP contribution in [0.25, 0.3) is 0 Å². The van der Waals surface area contributed by atoms with E-state index in [9.17, 15) is 19.1 Å². The third-order valence-electron chi connectivity index (χ3n) is 3.52. The van der Waals surface area contributed by atoms with E-state index in [2.05, 4.69) is 0 Å². The molecule has 1 aliphatic heterocycles. The lowest BCUT2D eigenvalue weighted by atomic mass is 10.1. The van der Waals surface area contributed by atoms with Gasteiger partial charge < -0.3 is 15.7 Å². The van der Waals surface area contributed by atoms with Gasteiger partial charge in [-0.1, -0.05) is 0 Å². The van der Waals surface area contributed by atoms with Crippen molar-refractivity contribution >= 4 is 11.8 Å². The van der Waals surface area contributed by atoms with Crippen molar-refractivity contribution in [1.29, 1.82) is 0 Å². The van der Waals surface area contributed by atoms with Crippen LogP contribution in [0.1, 0.15) is 16.8 Å². The van der Waals surface area contributed by atoms with Crippen LogP contribution in [0.5, 0.6) is 5.75 Å². The lowest BCUT2D eigenvalue weighted by molar-refractivity contribution is -0.118. The van der Waals surface area contributed by atoms with Crippen molar-refractivity contribution in [2.24, 2.45) is 5.73 Å². The molecule has 0 atom stereocenters. The lowest BCUT2D eigenvalue weighted by Gasteiger charge is -2.34. The van der Waals surface area contributed by atoms with Gasteiger partial charge >= 0.3 is 0 Å². The Morgan fingerprint density at radius 1 is 1.24 bits per heavy atom. The Bertz CT molecular complexity index is 542. The Morgan fingerprint density at radius 2 is 1.90 bits per heavy atom. The van der Waals surface area contributed by atoms with Gasteiger partial charge in [-0.15, -0.1) is 0 Å². The molecule has 1 aliphatic rings. The molecule has 21 heavy (non-hydrogen) atoms. The number of phenolic OH excluding ortho intramolecular Hbond substituents is 1. The van der Waals surface area contributed by atoms with Gasteiger partial charge in [-0.2, -0.15) is 0 Å². The summed E-state index contributed by atoms with van der Waals surface area (Å²) >= 11 is 0. The third-order valence-corrected chi connectivity index (χ3v) is 3.52. The molecule has 1 aromatic rings. The van der Waals surface area contributed by atoms with E-state index in [-0.39, 0.29) is 23.1 Å². The van der Waals surface area contributed by atoms with Gasteiger partial charge in [0.05, 0.1) is 5.56 Å². The monoisotopic (exact) mass is 295 g/mol. The summed E-state index contributed by atoms with van der Waals surface area (Å²) in [6, 6.07) is 3.32. The number of amides is 2. The van der Waals surface area contributed by atoms with Crippen molar-refractivity contribution in [3.05, 3.63) is 29.6 Å². The second-order valence-corrected chi connectivity index (χ2v) is 5.01. The maximum Gasteiger partial charge on any atom is 0.257 e. The first kappa shape index (κ1) is 15.2. The normalized spacial score (nSPS) is 16.0. The number of hydrogen-bond acceptors (Lipinski definition) is 4. The molecule has 0 aliphatic carbocycles. The summed E-state index contributed by atoms with van der Waals surface area (Å²) in [5, 5.41) is 9.66. The summed E-state index contributed by atoms with van der Waals surface area (Å²) in [6.45, 7) is 2.74. The first-order valence-electron chi connectivity index (χ1n) is 6.76. The quantitative estimate of drug-likeness (QED) is 0.828. The minimum atomic E-state index is -0.559. The number of primary amides is 1. The molecule has 2 amide bonds. The van der Waals surface area contributed by atoms with E-state index in [1.165, 1.54) is 6.07 Å². The minimum Gasteiger partial charge on any atom is -0.507 e. The molecule has 0 bridgehead atoms. The van der Waals surface area contributed by atoms with Crippen LogP contribution < -0.4 is 5.73 Å². The molecule has 1 heterocycles. The van der Waals surface area contributed by atoms with Crippen LogP contribution in [-0.2, 0) is 4.79 Å². The number of aromatic hydroxyl groups is 1. The number of phenols is 1. The van der Waals surface area contributed by atoms with E-state index in [4.69, 9.17) is 5.73 Å². The molecule has 1 fully saturated rings. The van der Waals surface area contributed by atoms with E-state index in [1.807, 2.05) is 4.90 Å². The molecular weight excluding hydrogens is 277 g/mol. The minimum absolute atomic E-state index is 0.0272. The number of halogens is 1. The molecular formula is C14H18FN3O3. The average molecular weight is 295 g/mol. The fraction of sp³-hybridized carbons (Fsp3) is 0.429. The first-order chi connectivity index (χ1) is 9.97. The van der Waals surface area contributed by atoms with Gasteiger partial charge in [0.2, 0.25) is 5.91 Å². The summed E-state index contributed by atoms with van der Waals surface area (Å²) in [4.78, 5) is 26.6. The van der Waals surface area contributed by atoms with Crippen LogP contribution in [0.15, 0.2) is 18.2 Å². The number of carbonyl (C=O) groups excluding carboxylic acids is 2. The highest BCUT2D eigenvalue weighted by molar-refractivity contribution is 5.96. The summed E-state index contributed by atoms with van der Waals surface area (Å²) in [6.07, 6.45) is 0.290. The SMILES string of the molecule is NC(=O)CCN1CCN(C(=O)c2cc(F)ccc2O)CC1. The zero-order valence-corrected chi connectivity index (χ0v) is 11.6. The van der Waals surface area contributed by atoms with Crippen molar-refractivity contribution in [3.63, 3.8) is 0 Å². The molecule has 3 N–H and O–H groups in total. The lowest BCUT2D eigenvalue weighted by Crippen LogP contribution is -2.49. The Labute approximate surface area is 121 Å². The summed E-state index contributed by atoms with van der Waals surface area (Å²) in [7, 11) is 0. The number of carbonyl (C=O) groups is 2. The number of rotatable bonds is 4. The Kier molecular flexibility index (Phi) is 4.74. The largest absolute Gasteiger partial charge is 0.507 e. The topological polar surface area (TPSA) is 86.9 Å². The van der Waals surface area contributed by atoms with Crippen LogP contribution in [0.4, 0.5) is 4.39 Å². The highest BCUT2D eigenvalue weighted by atomic mass is 19.1. The second-order valence-electron chi connectivity index (χ2n) is 5.01. The molecule has 1 aromatic carbocycles. The summed E-state index contributed by atoms with van der Waals surface area (Å²) in [5.74, 6) is -1.52. The van der Waals surface area contributed by atoms with E-state index in [0.29, 0.717) is 39.1 Å². The molecule has 1 saturated heterocycles. The fourth-order valence-corrected chi connectivity index (χ4v) is 2.29. The second kappa shape index (κ2) is 6.53. The van der Waals surface area contributed by atoms with Crippen LogP contribution >= 0.6 is 0 Å². The van der Waals surface area contributed by atoms with Crippen molar-refractivity contribution in [3.8, 4) is 5.75 Å². The number of nitrogens with zero attached hydrogens (tertiary/aromatic N) is 2. The molecule has 7 heteroatoms. The zero-order chi connectivity index (χ0) is 15.4. The van der Waals surface area contributed by atoms with E-state index >= 15 is 0 Å². The molecule has 6 nitrogen and oxygen atoms in total. The maximum atomic E-state index is 13.2. The number of hydrogen-bond donors (Lipinski definition) is 2. The van der Waals surface area contributed by atoms with Crippen molar-refractivity contribution in [2.75, 3.05) is 32.7 Å². The van der Waals surface area contributed by atoms with Crippen molar-refractivity contribution in [2.45, 2.75) is 6.42 Å². The third kappa shape index (κ3) is 3.91. The van der Waals surface area contributed by atoms with E-state index in [0.717, 1.165) is 12.1 Å². The highest BCUT2D eigenvalue weighted by Crippen LogP contribution is 2.20. The van der Waals surface area contributed by atoms with Crippen LogP contribution in [0.2, 0.25) is 0 Å². The average Bonchev–Trinajstić information content (AvgIpc) is 2.47. The van der Waals surface area contributed by atoms with Gasteiger partial charge in [-0.25, -0.2) is 4.39 Å². The predicted octanol–water partition coefficient (Wildman–Crippen LogP) is 0.164. The van der Waals surface area contributed by atoms with E-state index in [1.54, 1.807) is 4.90 Å². The smallest absolute Gasteiger partial charge is 0.257 e. The number of benzene rings is 1.